The number of benzene rings is 1. The summed E-state index contributed by atoms with van der Waals surface area (Å²) in [4.78, 5) is 8.55. The average Bonchev–Trinajstić information content (AvgIpc) is 2.41. The lowest BCUT2D eigenvalue weighted by Crippen LogP contribution is -2.22. The van der Waals surface area contributed by atoms with Gasteiger partial charge in [0.2, 0.25) is 0 Å². The molecule has 1 aromatic carbocycles. The summed E-state index contributed by atoms with van der Waals surface area (Å²) >= 11 is 0. The molecule has 21 heavy (non-hydrogen) atoms. The second-order valence-electron chi connectivity index (χ2n) is 5.31. The van der Waals surface area contributed by atoms with Gasteiger partial charge in [-0.1, -0.05) is 13.8 Å². The van der Waals surface area contributed by atoms with Crippen molar-refractivity contribution in [1.82, 2.24) is 15.3 Å². The Morgan fingerprint density at radius 1 is 1.29 bits per heavy atom. The Hall–Kier alpha value is -2.01. The second-order valence-corrected chi connectivity index (χ2v) is 5.31. The van der Waals surface area contributed by atoms with Crippen LogP contribution in [0, 0.1) is 19.7 Å². The molecular formula is C16H20FN3O. The predicted octanol–water partition coefficient (Wildman–Crippen LogP) is 3.52. The first-order valence-electron chi connectivity index (χ1n) is 6.95. The summed E-state index contributed by atoms with van der Waals surface area (Å²) in [6.07, 6.45) is 1.76. The predicted molar refractivity (Wildman–Crippen MR) is 80.0 cm³/mol. The zero-order valence-electron chi connectivity index (χ0n) is 12.8. The maximum Gasteiger partial charge on any atom is 0.322 e. The summed E-state index contributed by atoms with van der Waals surface area (Å²) in [5, 5.41) is 3.32. The second kappa shape index (κ2) is 6.63. The van der Waals surface area contributed by atoms with Gasteiger partial charge in [0.25, 0.3) is 0 Å². The fraction of sp³-hybridized carbons (Fsp3) is 0.375. The maximum atomic E-state index is 13.1. The molecule has 0 unspecified atom stereocenters. The standard InChI is InChI=1S/C16H20FN3O/c1-10(2)18-8-13-9-19-16(20-12(13)4)21-15-6-5-14(17)7-11(15)3/h5-7,9-10,18H,8H2,1-4H3. The molecule has 1 N–H and O–H groups in total. The van der Waals surface area contributed by atoms with Crippen LogP contribution < -0.4 is 10.1 Å². The van der Waals surface area contributed by atoms with Gasteiger partial charge < -0.3 is 10.1 Å². The van der Waals surface area contributed by atoms with E-state index in [4.69, 9.17) is 4.74 Å². The molecule has 0 aliphatic heterocycles. The molecule has 4 nitrogen and oxygen atoms in total. The Morgan fingerprint density at radius 3 is 2.67 bits per heavy atom. The fourth-order valence-electron chi connectivity index (χ4n) is 1.83. The van der Waals surface area contributed by atoms with Crippen LogP contribution in [0.15, 0.2) is 24.4 Å². The molecule has 2 aromatic rings. The number of aryl methyl sites for hydroxylation is 2. The minimum absolute atomic E-state index is 0.274. The molecule has 0 fully saturated rings. The minimum Gasteiger partial charge on any atom is -0.424 e. The quantitative estimate of drug-likeness (QED) is 0.915. The van der Waals surface area contributed by atoms with Crippen molar-refractivity contribution in [1.29, 1.82) is 0 Å². The first-order chi connectivity index (χ1) is 9.95. The van der Waals surface area contributed by atoms with Gasteiger partial charge in [0.1, 0.15) is 11.6 Å². The fourth-order valence-corrected chi connectivity index (χ4v) is 1.83. The van der Waals surface area contributed by atoms with Crippen molar-refractivity contribution in [3.63, 3.8) is 0 Å². The van der Waals surface area contributed by atoms with Crippen LogP contribution >= 0.6 is 0 Å². The summed E-state index contributed by atoms with van der Waals surface area (Å²) in [6, 6.07) is 5.04. The van der Waals surface area contributed by atoms with Crippen molar-refractivity contribution in [2.75, 3.05) is 0 Å². The Kier molecular flexibility index (Phi) is 4.85. The minimum atomic E-state index is -0.285. The zero-order chi connectivity index (χ0) is 15.4. The van der Waals surface area contributed by atoms with Gasteiger partial charge in [-0.25, -0.2) is 9.37 Å². The number of rotatable bonds is 5. The van der Waals surface area contributed by atoms with Gasteiger partial charge in [-0.05, 0) is 37.6 Å². The van der Waals surface area contributed by atoms with E-state index in [1.54, 1.807) is 19.2 Å². The Balaban J connectivity index is 2.12. The first kappa shape index (κ1) is 15.4. The van der Waals surface area contributed by atoms with Gasteiger partial charge in [-0.2, -0.15) is 4.98 Å². The molecule has 0 saturated heterocycles. The molecule has 0 aliphatic rings. The smallest absolute Gasteiger partial charge is 0.322 e. The molecule has 0 bridgehead atoms. The van der Waals surface area contributed by atoms with E-state index < -0.39 is 0 Å². The molecule has 0 atom stereocenters. The highest BCUT2D eigenvalue weighted by Gasteiger charge is 2.08. The molecule has 0 aliphatic carbocycles. The van der Waals surface area contributed by atoms with Crippen molar-refractivity contribution >= 4 is 0 Å². The van der Waals surface area contributed by atoms with E-state index >= 15 is 0 Å². The van der Waals surface area contributed by atoms with Gasteiger partial charge in [0.05, 0.1) is 0 Å². The van der Waals surface area contributed by atoms with Crippen LogP contribution in [-0.4, -0.2) is 16.0 Å². The van der Waals surface area contributed by atoms with Crippen LogP contribution in [0.1, 0.15) is 30.7 Å². The number of nitrogens with one attached hydrogen (secondary N) is 1. The number of hydrogen-bond acceptors (Lipinski definition) is 4. The number of aromatic nitrogens is 2. The molecular weight excluding hydrogens is 269 g/mol. The van der Waals surface area contributed by atoms with E-state index in [1.165, 1.54) is 12.1 Å². The topological polar surface area (TPSA) is 47.0 Å². The normalized spacial score (nSPS) is 11.0. The number of hydrogen-bond donors (Lipinski definition) is 1. The van der Waals surface area contributed by atoms with Crippen LogP contribution in [0.2, 0.25) is 0 Å². The SMILES string of the molecule is Cc1cc(F)ccc1Oc1ncc(CNC(C)C)c(C)n1. The third kappa shape index (κ3) is 4.23. The van der Waals surface area contributed by atoms with Crippen molar-refractivity contribution in [3.05, 3.63) is 47.0 Å². The molecule has 2 rings (SSSR count). The van der Waals surface area contributed by atoms with E-state index in [2.05, 4.69) is 29.1 Å². The van der Waals surface area contributed by atoms with E-state index in [1.807, 2.05) is 6.92 Å². The van der Waals surface area contributed by atoms with Crippen molar-refractivity contribution < 1.29 is 9.13 Å². The van der Waals surface area contributed by atoms with Crippen LogP contribution in [0.3, 0.4) is 0 Å². The Bertz CT molecular complexity index is 629. The largest absolute Gasteiger partial charge is 0.424 e. The Labute approximate surface area is 124 Å². The van der Waals surface area contributed by atoms with Gasteiger partial charge in [0, 0.05) is 30.0 Å². The third-order valence-electron chi connectivity index (χ3n) is 3.10. The summed E-state index contributed by atoms with van der Waals surface area (Å²) in [6.45, 7) is 8.60. The summed E-state index contributed by atoms with van der Waals surface area (Å²) in [7, 11) is 0. The Morgan fingerprint density at radius 2 is 2.05 bits per heavy atom. The number of halogens is 1. The van der Waals surface area contributed by atoms with E-state index in [0.29, 0.717) is 17.4 Å². The van der Waals surface area contributed by atoms with Crippen molar-refractivity contribution in [3.8, 4) is 11.8 Å². The first-order valence-corrected chi connectivity index (χ1v) is 6.95. The van der Waals surface area contributed by atoms with Crippen LogP contribution in [-0.2, 0) is 6.54 Å². The van der Waals surface area contributed by atoms with Crippen LogP contribution in [0.5, 0.6) is 11.8 Å². The molecule has 0 amide bonds. The molecule has 5 heteroatoms. The molecule has 0 radical (unpaired) electrons. The van der Waals surface area contributed by atoms with Gasteiger partial charge in [0.15, 0.2) is 0 Å². The van der Waals surface area contributed by atoms with E-state index in [-0.39, 0.29) is 11.8 Å². The lowest BCUT2D eigenvalue weighted by Gasteiger charge is -2.11. The lowest BCUT2D eigenvalue weighted by molar-refractivity contribution is 0.434. The number of nitrogens with zero attached hydrogens (tertiary/aromatic N) is 2. The maximum absolute atomic E-state index is 13.1. The molecule has 0 spiro atoms. The molecule has 112 valence electrons. The van der Waals surface area contributed by atoms with Gasteiger partial charge >= 0.3 is 6.01 Å². The van der Waals surface area contributed by atoms with E-state index in [9.17, 15) is 4.39 Å². The van der Waals surface area contributed by atoms with Crippen molar-refractivity contribution in [2.24, 2.45) is 0 Å². The molecule has 1 aromatic heterocycles. The summed E-state index contributed by atoms with van der Waals surface area (Å²) < 4.78 is 18.7. The highest BCUT2D eigenvalue weighted by atomic mass is 19.1. The third-order valence-corrected chi connectivity index (χ3v) is 3.10. The zero-order valence-corrected chi connectivity index (χ0v) is 12.8. The van der Waals surface area contributed by atoms with Gasteiger partial charge in [-0.3, -0.25) is 0 Å². The van der Waals surface area contributed by atoms with E-state index in [0.717, 1.165) is 17.8 Å². The van der Waals surface area contributed by atoms with Crippen molar-refractivity contribution in [2.45, 2.75) is 40.3 Å². The summed E-state index contributed by atoms with van der Waals surface area (Å²) in [5.41, 5.74) is 2.61. The van der Waals surface area contributed by atoms with Crippen LogP contribution in [0.4, 0.5) is 4.39 Å². The van der Waals surface area contributed by atoms with Crippen LogP contribution in [0.25, 0.3) is 0 Å². The summed E-state index contributed by atoms with van der Waals surface area (Å²) in [5.74, 6) is 0.274. The number of ether oxygens (including phenoxy) is 1. The highest BCUT2D eigenvalue weighted by molar-refractivity contribution is 5.34. The monoisotopic (exact) mass is 289 g/mol. The lowest BCUT2D eigenvalue weighted by atomic mass is 10.2. The average molecular weight is 289 g/mol. The molecule has 0 saturated carbocycles. The van der Waals surface area contributed by atoms with Gasteiger partial charge in [-0.15, -0.1) is 0 Å². The highest BCUT2D eigenvalue weighted by Crippen LogP contribution is 2.23. The molecule has 1 heterocycles.